The van der Waals surface area contributed by atoms with Crippen molar-refractivity contribution in [3.63, 3.8) is 0 Å². The number of hydrogen-bond donors (Lipinski definition) is 3. The van der Waals surface area contributed by atoms with Gasteiger partial charge in [-0.3, -0.25) is 4.79 Å². The summed E-state index contributed by atoms with van der Waals surface area (Å²) in [6, 6.07) is 6.57. The number of rotatable bonds is 4. The molecule has 0 radical (unpaired) electrons. The SMILES string of the molecule is CC(C)(C(=O)NC[C@]1(O)CCOC1)c1ccc(O)cc1. The van der Waals surface area contributed by atoms with Crippen molar-refractivity contribution in [3.05, 3.63) is 29.8 Å². The first kappa shape index (κ1) is 14.8. The number of phenols is 1. The summed E-state index contributed by atoms with van der Waals surface area (Å²) in [5, 5.41) is 22.2. The number of benzene rings is 1. The lowest BCUT2D eigenvalue weighted by atomic mass is 9.83. The molecule has 1 atom stereocenters. The molecule has 0 bridgehead atoms. The van der Waals surface area contributed by atoms with Crippen LogP contribution in [-0.4, -0.2) is 41.5 Å². The number of carbonyl (C=O) groups excluding carboxylic acids is 1. The predicted octanol–water partition coefficient (Wildman–Crippen LogP) is 0.937. The normalized spacial score (nSPS) is 22.8. The fourth-order valence-electron chi connectivity index (χ4n) is 2.21. The Morgan fingerprint density at radius 1 is 1.40 bits per heavy atom. The molecule has 1 aliphatic heterocycles. The number of amides is 1. The Bertz CT molecular complexity index is 475. The average Bonchev–Trinajstić information content (AvgIpc) is 2.84. The summed E-state index contributed by atoms with van der Waals surface area (Å²) < 4.78 is 5.15. The van der Waals surface area contributed by atoms with E-state index < -0.39 is 11.0 Å². The molecule has 0 saturated carbocycles. The third-order valence-electron chi connectivity index (χ3n) is 3.82. The average molecular weight is 279 g/mol. The van der Waals surface area contributed by atoms with Gasteiger partial charge < -0.3 is 20.3 Å². The number of hydrogen-bond acceptors (Lipinski definition) is 4. The number of phenolic OH excluding ortho intramolecular Hbond substituents is 1. The highest BCUT2D eigenvalue weighted by atomic mass is 16.5. The van der Waals surface area contributed by atoms with Gasteiger partial charge in [-0.15, -0.1) is 0 Å². The summed E-state index contributed by atoms with van der Waals surface area (Å²) >= 11 is 0. The third-order valence-corrected chi connectivity index (χ3v) is 3.82. The number of aliphatic hydroxyl groups is 1. The van der Waals surface area contributed by atoms with Crippen LogP contribution >= 0.6 is 0 Å². The smallest absolute Gasteiger partial charge is 0.230 e. The third kappa shape index (κ3) is 3.11. The summed E-state index contributed by atoms with van der Waals surface area (Å²) in [6.45, 7) is 4.59. The van der Waals surface area contributed by atoms with Crippen LogP contribution in [0.15, 0.2) is 24.3 Å². The van der Waals surface area contributed by atoms with Crippen LogP contribution in [-0.2, 0) is 14.9 Å². The van der Waals surface area contributed by atoms with Gasteiger partial charge in [0.2, 0.25) is 5.91 Å². The highest BCUT2D eigenvalue weighted by Crippen LogP contribution is 2.25. The first-order valence-corrected chi connectivity index (χ1v) is 6.71. The van der Waals surface area contributed by atoms with Crippen LogP contribution in [0.25, 0.3) is 0 Å². The molecule has 1 aromatic carbocycles. The molecular weight excluding hydrogens is 258 g/mol. The molecule has 0 spiro atoms. The minimum Gasteiger partial charge on any atom is -0.508 e. The zero-order valence-corrected chi connectivity index (χ0v) is 11.8. The molecule has 1 heterocycles. The second kappa shape index (κ2) is 5.42. The topological polar surface area (TPSA) is 78.8 Å². The largest absolute Gasteiger partial charge is 0.508 e. The van der Waals surface area contributed by atoms with E-state index in [-0.39, 0.29) is 24.8 Å². The van der Waals surface area contributed by atoms with Crippen molar-refractivity contribution in [2.45, 2.75) is 31.3 Å². The van der Waals surface area contributed by atoms with Crippen molar-refractivity contribution >= 4 is 5.91 Å². The van der Waals surface area contributed by atoms with Crippen molar-refractivity contribution in [1.82, 2.24) is 5.32 Å². The van der Waals surface area contributed by atoms with Crippen molar-refractivity contribution < 1.29 is 19.7 Å². The molecule has 1 aliphatic rings. The quantitative estimate of drug-likeness (QED) is 0.766. The first-order valence-electron chi connectivity index (χ1n) is 6.71. The molecule has 0 aliphatic carbocycles. The van der Waals surface area contributed by atoms with Gasteiger partial charge in [-0.2, -0.15) is 0 Å². The monoisotopic (exact) mass is 279 g/mol. The van der Waals surface area contributed by atoms with Crippen LogP contribution in [0.1, 0.15) is 25.8 Å². The highest BCUT2D eigenvalue weighted by molar-refractivity contribution is 5.87. The Morgan fingerprint density at radius 3 is 2.60 bits per heavy atom. The highest BCUT2D eigenvalue weighted by Gasteiger charge is 2.35. The van der Waals surface area contributed by atoms with Gasteiger partial charge in [-0.25, -0.2) is 0 Å². The molecule has 0 unspecified atom stereocenters. The summed E-state index contributed by atoms with van der Waals surface area (Å²) in [6.07, 6.45) is 0.535. The molecule has 1 fully saturated rings. The van der Waals surface area contributed by atoms with E-state index in [4.69, 9.17) is 4.74 Å². The van der Waals surface area contributed by atoms with Gasteiger partial charge in [-0.05, 0) is 31.5 Å². The van der Waals surface area contributed by atoms with E-state index in [2.05, 4.69) is 5.32 Å². The Hall–Kier alpha value is -1.59. The molecule has 5 heteroatoms. The Balaban J connectivity index is 2.01. The van der Waals surface area contributed by atoms with Gasteiger partial charge in [0.25, 0.3) is 0 Å². The van der Waals surface area contributed by atoms with Crippen LogP contribution in [0, 0.1) is 0 Å². The van der Waals surface area contributed by atoms with E-state index in [1.54, 1.807) is 24.3 Å². The van der Waals surface area contributed by atoms with Gasteiger partial charge in [0, 0.05) is 19.6 Å². The Kier molecular flexibility index (Phi) is 4.01. The van der Waals surface area contributed by atoms with E-state index in [1.807, 2.05) is 13.8 Å². The summed E-state index contributed by atoms with van der Waals surface area (Å²) in [5.74, 6) is 0.00545. The zero-order valence-electron chi connectivity index (χ0n) is 11.8. The van der Waals surface area contributed by atoms with Crippen LogP contribution in [0.5, 0.6) is 5.75 Å². The first-order chi connectivity index (χ1) is 9.33. The molecular formula is C15H21NO4. The molecule has 1 aromatic rings. The predicted molar refractivity (Wildman–Crippen MR) is 74.5 cm³/mol. The van der Waals surface area contributed by atoms with Crippen LogP contribution < -0.4 is 5.32 Å². The zero-order chi connectivity index (χ0) is 14.8. The summed E-state index contributed by atoms with van der Waals surface area (Å²) in [5.41, 5.74) is -0.882. The standard InChI is InChI=1S/C15H21NO4/c1-14(2,11-3-5-12(17)6-4-11)13(18)16-9-15(19)7-8-20-10-15/h3-6,17,19H,7-10H2,1-2H3,(H,16,18)/t15-/m1/s1. The van der Waals surface area contributed by atoms with E-state index in [1.165, 1.54) is 0 Å². The maximum absolute atomic E-state index is 12.3. The van der Waals surface area contributed by atoms with E-state index in [0.717, 1.165) is 5.56 Å². The lowest BCUT2D eigenvalue weighted by Gasteiger charge is -2.27. The molecule has 0 aromatic heterocycles. The minimum atomic E-state index is -0.958. The molecule has 5 nitrogen and oxygen atoms in total. The van der Waals surface area contributed by atoms with Gasteiger partial charge in [0.05, 0.1) is 12.0 Å². The van der Waals surface area contributed by atoms with E-state index in [0.29, 0.717) is 13.0 Å². The second-order valence-corrected chi connectivity index (χ2v) is 5.88. The van der Waals surface area contributed by atoms with Crippen molar-refractivity contribution in [2.75, 3.05) is 19.8 Å². The van der Waals surface area contributed by atoms with E-state index >= 15 is 0 Å². The molecule has 2 rings (SSSR count). The number of nitrogens with one attached hydrogen (secondary N) is 1. The fraction of sp³-hybridized carbons (Fsp3) is 0.533. The molecule has 110 valence electrons. The second-order valence-electron chi connectivity index (χ2n) is 5.88. The summed E-state index contributed by atoms with van der Waals surface area (Å²) in [7, 11) is 0. The fourth-order valence-corrected chi connectivity index (χ4v) is 2.21. The van der Waals surface area contributed by atoms with Crippen molar-refractivity contribution in [1.29, 1.82) is 0 Å². The number of carbonyl (C=O) groups is 1. The van der Waals surface area contributed by atoms with Gasteiger partial charge >= 0.3 is 0 Å². The van der Waals surface area contributed by atoms with Gasteiger partial charge in [0.15, 0.2) is 0 Å². The maximum atomic E-state index is 12.3. The molecule has 20 heavy (non-hydrogen) atoms. The summed E-state index contributed by atoms with van der Waals surface area (Å²) in [4.78, 5) is 12.3. The molecule has 1 amide bonds. The maximum Gasteiger partial charge on any atom is 0.230 e. The van der Waals surface area contributed by atoms with Crippen LogP contribution in [0.3, 0.4) is 0 Å². The number of ether oxygens (including phenoxy) is 1. The molecule has 3 N–H and O–H groups in total. The van der Waals surface area contributed by atoms with E-state index in [9.17, 15) is 15.0 Å². The van der Waals surface area contributed by atoms with Crippen molar-refractivity contribution in [2.24, 2.45) is 0 Å². The lowest BCUT2D eigenvalue weighted by molar-refractivity contribution is -0.127. The van der Waals surface area contributed by atoms with Crippen LogP contribution in [0.2, 0.25) is 0 Å². The Labute approximate surface area is 118 Å². The van der Waals surface area contributed by atoms with Gasteiger partial charge in [0.1, 0.15) is 11.4 Å². The van der Waals surface area contributed by atoms with Crippen LogP contribution in [0.4, 0.5) is 0 Å². The van der Waals surface area contributed by atoms with Gasteiger partial charge in [-0.1, -0.05) is 12.1 Å². The van der Waals surface area contributed by atoms with Crippen molar-refractivity contribution in [3.8, 4) is 5.75 Å². The Morgan fingerprint density at radius 2 is 2.05 bits per heavy atom. The minimum absolute atomic E-state index is 0.163. The lowest BCUT2D eigenvalue weighted by Crippen LogP contribution is -2.48. The molecule has 1 saturated heterocycles. The number of aromatic hydroxyl groups is 1.